The summed E-state index contributed by atoms with van der Waals surface area (Å²) >= 11 is 0. The molecule has 17 heavy (non-hydrogen) atoms. The van der Waals surface area contributed by atoms with Crippen LogP contribution in [0, 0.1) is 12.7 Å². The van der Waals surface area contributed by atoms with Crippen molar-refractivity contribution in [3.8, 4) is 0 Å². The first kappa shape index (κ1) is 11.6. The van der Waals surface area contributed by atoms with E-state index in [0.29, 0.717) is 0 Å². The van der Waals surface area contributed by atoms with E-state index < -0.39 is 11.9 Å². The van der Waals surface area contributed by atoms with Gasteiger partial charge in [-0.1, -0.05) is 0 Å². The van der Waals surface area contributed by atoms with Crippen LogP contribution in [0.2, 0.25) is 0 Å². The summed E-state index contributed by atoms with van der Waals surface area (Å²) in [5.74, 6) is 5.10. The number of nitrogens with one attached hydrogen (secondary N) is 1. The Bertz CT molecular complexity index is 470. The van der Waals surface area contributed by atoms with E-state index in [1.54, 1.807) is 18.5 Å². The minimum atomic E-state index is -0.495. The van der Waals surface area contributed by atoms with Crippen molar-refractivity contribution in [2.24, 2.45) is 5.84 Å². The Hall–Kier alpha value is -1.85. The molecule has 88 valence electrons. The number of aryl methyl sites for hydroxylation is 1. The first-order valence-electron chi connectivity index (χ1n) is 5.21. The van der Waals surface area contributed by atoms with E-state index >= 15 is 0 Å². The highest BCUT2D eigenvalue weighted by atomic mass is 19.1. The molecular weight excluding hydrogens is 219 g/mol. The zero-order valence-corrected chi connectivity index (χ0v) is 9.39. The second kappa shape index (κ2) is 4.99. The van der Waals surface area contributed by atoms with Crippen LogP contribution in [-0.2, 0) is 0 Å². The van der Waals surface area contributed by atoms with Crippen LogP contribution in [0.4, 0.5) is 4.39 Å². The maximum atomic E-state index is 13.7. The van der Waals surface area contributed by atoms with Gasteiger partial charge in [0.05, 0.1) is 11.7 Å². The second-order valence-electron chi connectivity index (χ2n) is 3.70. The number of hydrogen-bond donors (Lipinski definition) is 2. The summed E-state index contributed by atoms with van der Waals surface area (Å²) in [5.41, 5.74) is 4.64. The van der Waals surface area contributed by atoms with Crippen molar-refractivity contribution in [3.63, 3.8) is 0 Å². The minimum absolute atomic E-state index is 0.270. The molecule has 0 saturated heterocycles. The van der Waals surface area contributed by atoms with E-state index in [0.717, 1.165) is 11.1 Å². The van der Waals surface area contributed by atoms with Gasteiger partial charge in [0.1, 0.15) is 5.82 Å². The molecule has 0 bridgehead atoms. The lowest BCUT2D eigenvalue weighted by Crippen LogP contribution is -2.30. The number of rotatable bonds is 3. The number of pyridine rings is 2. The number of hydrazine groups is 1. The molecule has 2 rings (SSSR count). The predicted molar refractivity (Wildman–Crippen MR) is 62.3 cm³/mol. The van der Waals surface area contributed by atoms with Crippen LogP contribution in [0.5, 0.6) is 0 Å². The van der Waals surface area contributed by atoms with Gasteiger partial charge in [0.15, 0.2) is 0 Å². The van der Waals surface area contributed by atoms with Crippen molar-refractivity contribution in [1.82, 2.24) is 15.4 Å². The quantitative estimate of drug-likeness (QED) is 0.621. The molecule has 0 saturated carbocycles. The Kier molecular flexibility index (Phi) is 3.41. The number of nitrogens with two attached hydrogens (primary N) is 1. The molecule has 0 radical (unpaired) electrons. The zero-order chi connectivity index (χ0) is 12.3. The largest absolute Gasteiger partial charge is 0.271 e. The van der Waals surface area contributed by atoms with Gasteiger partial charge in [0, 0.05) is 18.6 Å². The molecule has 0 amide bonds. The molecule has 0 fully saturated rings. The van der Waals surface area contributed by atoms with Gasteiger partial charge < -0.3 is 0 Å². The van der Waals surface area contributed by atoms with Crippen LogP contribution in [0.1, 0.15) is 22.9 Å². The summed E-state index contributed by atoms with van der Waals surface area (Å²) in [6.45, 7) is 1.92. The molecule has 1 unspecified atom stereocenters. The lowest BCUT2D eigenvalue weighted by atomic mass is 10.0. The fourth-order valence-corrected chi connectivity index (χ4v) is 1.70. The SMILES string of the molecule is Cc1ccncc1C(NN)c1ncccc1F. The van der Waals surface area contributed by atoms with E-state index in [9.17, 15) is 4.39 Å². The molecule has 0 aromatic carbocycles. The first-order chi connectivity index (χ1) is 8.24. The van der Waals surface area contributed by atoms with Gasteiger partial charge in [-0.15, -0.1) is 0 Å². The number of halogens is 1. The molecule has 2 aromatic rings. The van der Waals surface area contributed by atoms with Crippen LogP contribution in [0.3, 0.4) is 0 Å². The molecule has 1 atom stereocenters. The van der Waals surface area contributed by atoms with E-state index in [-0.39, 0.29) is 5.69 Å². The standard InChI is InChI=1S/C12H13FN4/c1-8-4-6-15-7-9(8)11(17-14)12-10(13)3-2-5-16-12/h2-7,11,17H,14H2,1H3. The van der Waals surface area contributed by atoms with Crippen LogP contribution >= 0.6 is 0 Å². The fourth-order valence-electron chi connectivity index (χ4n) is 1.70. The summed E-state index contributed by atoms with van der Waals surface area (Å²) in [6.07, 6.45) is 4.88. The second-order valence-corrected chi connectivity index (χ2v) is 3.70. The molecule has 5 heteroatoms. The molecule has 0 aliphatic rings. The van der Waals surface area contributed by atoms with E-state index in [4.69, 9.17) is 5.84 Å². The third-order valence-electron chi connectivity index (χ3n) is 2.62. The van der Waals surface area contributed by atoms with Crippen molar-refractivity contribution >= 4 is 0 Å². The molecular formula is C12H13FN4. The molecule has 0 aliphatic carbocycles. The van der Waals surface area contributed by atoms with E-state index in [1.165, 1.54) is 12.3 Å². The highest BCUT2D eigenvalue weighted by Gasteiger charge is 2.19. The molecule has 0 aliphatic heterocycles. The Labute approximate surface area is 98.7 Å². The number of nitrogens with zero attached hydrogens (tertiary/aromatic N) is 2. The Morgan fingerprint density at radius 3 is 2.82 bits per heavy atom. The lowest BCUT2D eigenvalue weighted by molar-refractivity contribution is 0.541. The maximum absolute atomic E-state index is 13.7. The van der Waals surface area contributed by atoms with Gasteiger partial charge in [0.25, 0.3) is 0 Å². The molecule has 2 aromatic heterocycles. The predicted octanol–water partition coefficient (Wildman–Crippen LogP) is 1.48. The monoisotopic (exact) mass is 232 g/mol. The average molecular weight is 232 g/mol. The van der Waals surface area contributed by atoms with Gasteiger partial charge in [-0.2, -0.15) is 0 Å². The lowest BCUT2D eigenvalue weighted by Gasteiger charge is -2.17. The normalized spacial score (nSPS) is 12.4. The number of aromatic nitrogens is 2. The van der Waals surface area contributed by atoms with Crippen molar-refractivity contribution in [2.45, 2.75) is 13.0 Å². The maximum Gasteiger partial charge on any atom is 0.146 e. The third kappa shape index (κ3) is 2.30. The molecule has 0 spiro atoms. The highest BCUT2D eigenvalue weighted by molar-refractivity contribution is 5.32. The zero-order valence-electron chi connectivity index (χ0n) is 9.39. The van der Waals surface area contributed by atoms with Crippen molar-refractivity contribution < 1.29 is 4.39 Å². The fraction of sp³-hybridized carbons (Fsp3) is 0.167. The van der Waals surface area contributed by atoms with E-state index in [1.807, 2.05) is 13.0 Å². The van der Waals surface area contributed by atoms with Gasteiger partial charge >= 0.3 is 0 Å². The summed E-state index contributed by atoms with van der Waals surface area (Å²) in [5, 5.41) is 0. The summed E-state index contributed by atoms with van der Waals surface area (Å²) in [6, 6.07) is 4.26. The van der Waals surface area contributed by atoms with E-state index in [2.05, 4.69) is 15.4 Å². The van der Waals surface area contributed by atoms with Crippen LogP contribution in [0.25, 0.3) is 0 Å². The van der Waals surface area contributed by atoms with Gasteiger partial charge in [-0.25, -0.2) is 9.82 Å². The van der Waals surface area contributed by atoms with Crippen molar-refractivity contribution in [1.29, 1.82) is 0 Å². The smallest absolute Gasteiger partial charge is 0.146 e. The summed E-state index contributed by atoms with van der Waals surface area (Å²) in [4.78, 5) is 8.05. The Morgan fingerprint density at radius 1 is 1.35 bits per heavy atom. The van der Waals surface area contributed by atoms with Crippen molar-refractivity contribution in [3.05, 3.63) is 59.4 Å². The van der Waals surface area contributed by atoms with Gasteiger partial charge in [-0.05, 0) is 36.2 Å². The van der Waals surface area contributed by atoms with Crippen LogP contribution in [0.15, 0.2) is 36.8 Å². The topological polar surface area (TPSA) is 63.8 Å². The summed E-state index contributed by atoms with van der Waals surface area (Å²) < 4.78 is 13.7. The Balaban J connectivity index is 2.48. The van der Waals surface area contributed by atoms with Crippen molar-refractivity contribution in [2.75, 3.05) is 0 Å². The minimum Gasteiger partial charge on any atom is -0.271 e. The molecule has 4 nitrogen and oxygen atoms in total. The van der Waals surface area contributed by atoms with Gasteiger partial charge in [-0.3, -0.25) is 15.8 Å². The highest BCUT2D eigenvalue weighted by Crippen LogP contribution is 2.23. The average Bonchev–Trinajstić information content (AvgIpc) is 2.34. The summed E-state index contributed by atoms with van der Waals surface area (Å²) in [7, 11) is 0. The van der Waals surface area contributed by atoms with Crippen LogP contribution in [-0.4, -0.2) is 9.97 Å². The third-order valence-corrected chi connectivity index (χ3v) is 2.62. The first-order valence-corrected chi connectivity index (χ1v) is 5.21. The van der Waals surface area contributed by atoms with Gasteiger partial charge in [0.2, 0.25) is 0 Å². The molecule has 2 heterocycles. The Morgan fingerprint density at radius 2 is 2.18 bits per heavy atom. The molecule has 3 N–H and O–H groups in total. The number of hydrogen-bond acceptors (Lipinski definition) is 4. The van der Waals surface area contributed by atoms with Crippen LogP contribution < -0.4 is 11.3 Å².